The number of hydrogen-bond acceptors (Lipinski definition) is 2. The Hall–Kier alpha value is -1.60. The fraction of sp³-hybridized carbons (Fsp3) is 0.222. The van der Waals surface area contributed by atoms with Crippen LogP contribution in [-0.2, 0) is 4.79 Å². The number of nitrogens with one attached hydrogen (secondary N) is 1. The molecule has 2 amide bonds. The first kappa shape index (κ1) is 17.2. The van der Waals surface area contributed by atoms with E-state index in [1.54, 1.807) is 30.1 Å². The van der Waals surface area contributed by atoms with Crippen LogP contribution in [0.1, 0.15) is 40.5 Å². The lowest BCUT2D eigenvalue weighted by atomic mass is 10.0. The van der Waals surface area contributed by atoms with E-state index >= 15 is 0 Å². The van der Waals surface area contributed by atoms with E-state index in [-0.39, 0.29) is 17.9 Å². The fourth-order valence-electron chi connectivity index (χ4n) is 3.13. The quantitative estimate of drug-likeness (QED) is 0.714. The van der Waals surface area contributed by atoms with E-state index in [0.29, 0.717) is 16.1 Å². The third kappa shape index (κ3) is 2.80. The van der Waals surface area contributed by atoms with Crippen molar-refractivity contribution >= 4 is 46.0 Å². The third-order valence-electron chi connectivity index (χ3n) is 4.32. The highest BCUT2D eigenvalue weighted by Crippen LogP contribution is 2.41. The molecular formula is C18H16ClIN2O2. The molecule has 24 heavy (non-hydrogen) atoms. The topological polar surface area (TPSA) is 49.4 Å². The van der Waals surface area contributed by atoms with Crippen LogP contribution in [0.4, 0.5) is 0 Å². The van der Waals surface area contributed by atoms with Crippen molar-refractivity contribution in [2.24, 2.45) is 0 Å². The predicted octanol–water partition coefficient (Wildman–Crippen LogP) is 3.95. The zero-order valence-electron chi connectivity index (χ0n) is 13.2. The molecular weight excluding hydrogens is 439 g/mol. The van der Waals surface area contributed by atoms with Crippen molar-refractivity contribution in [2.75, 3.05) is 7.05 Å². The Balaban J connectivity index is 2.11. The van der Waals surface area contributed by atoms with Gasteiger partial charge >= 0.3 is 0 Å². The Morgan fingerprint density at radius 2 is 2.00 bits per heavy atom. The van der Waals surface area contributed by atoms with E-state index < -0.39 is 6.04 Å². The smallest absolute Gasteiger partial charge is 0.255 e. The summed E-state index contributed by atoms with van der Waals surface area (Å²) in [7, 11) is 1.57. The molecule has 0 radical (unpaired) electrons. The maximum absolute atomic E-state index is 13.0. The summed E-state index contributed by atoms with van der Waals surface area (Å²) in [5.74, 6) is -0.371. The highest BCUT2D eigenvalue weighted by atomic mass is 127. The SMILES string of the molecule is CNC(=O)C1c2cc(Cl)ccc2C(=O)N1[C@H](C)c1ccccc1I. The number of nitrogens with zero attached hydrogens (tertiary/aromatic N) is 1. The van der Waals surface area contributed by atoms with E-state index in [1.807, 2.05) is 31.2 Å². The molecule has 1 aliphatic heterocycles. The van der Waals surface area contributed by atoms with Crippen molar-refractivity contribution in [3.8, 4) is 0 Å². The van der Waals surface area contributed by atoms with E-state index in [9.17, 15) is 9.59 Å². The van der Waals surface area contributed by atoms with Crippen molar-refractivity contribution in [3.05, 3.63) is 67.7 Å². The number of carbonyl (C=O) groups is 2. The van der Waals surface area contributed by atoms with Crippen LogP contribution in [0.25, 0.3) is 0 Å². The number of hydrogen-bond donors (Lipinski definition) is 1. The molecule has 0 bridgehead atoms. The highest BCUT2D eigenvalue weighted by molar-refractivity contribution is 14.1. The lowest BCUT2D eigenvalue weighted by Crippen LogP contribution is -2.39. The first-order chi connectivity index (χ1) is 11.5. The zero-order valence-corrected chi connectivity index (χ0v) is 16.1. The van der Waals surface area contributed by atoms with Crippen LogP contribution < -0.4 is 5.32 Å². The summed E-state index contributed by atoms with van der Waals surface area (Å²) in [5, 5.41) is 3.17. The summed E-state index contributed by atoms with van der Waals surface area (Å²) in [5.41, 5.74) is 2.20. The van der Waals surface area contributed by atoms with Gasteiger partial charge in [-0.05, 0) is 64.9 Å². The standard InChI is InChI=1S/C18H16ClIN2O2/c1-10(12-5-3-4-6-15(12)20)22-16(17(23)21-2)14-9-11(19)7-8-13(14)18(22)24/h3-10,16H,1-2H3,(H,21,23)/t10-,16?/m1/s1. The van der Waals surface area contributed by atoms with E-state index in [4.69, 9.17) is 11.6 Å². The highest BCUT2D eigenvalue weighted by Gasteiger charge is 2.43. The molecule has 2 aromatic carbocycles. The number of likely N-dealkylation sites (N-methyl/N-ethyl adjacent to an activating group) is 1. The Bertz CT molecular complexity index is 824. The van der Waals surface area contributed by atoms with Gasteiger partial charge in [0.15, 0.2) is 0 Å². The Kier molecular flexibility index (Phi) is 4.83. The normalized spacial score (nSPS) is 17.6. The molecule has 1 aliphatic rings. The molecule has 4 nitrogen and oxygen atoms in total. The number of fused-ring (bicyclic) bond motifs is 1. The van der Waals surface area contributed by atoms with Gasteiger partial charge in [-0.3, -0.25) is 9.59 Å². The number of carbonyl (C=O) groups excluding carboxylic acids is 2. The van der Waals surface area contributed by atoms with Crippen LogP contribution in [0.15, 0.2) is 42.5 Å². The summed E-state index contributed by atoms with van der Waals surface area (Å²) in [6.45, 7) is 1.94. The number of benzene rings is 2. The maximum atomic E-state index is 13.0. The molecule has 6 heteroatoms. The maximum Gasteiger partial charge on any atom is 0.255 e. The van der Waals surface area contributed by atoms with Crippen LogP contribution in [0.2, 0.25) is 5.02 Å². The van der Waals surface area contributed by atoms with Gasteiger partial charge < -0.3 is 10.2 Å². The fourth-order valence-corrected chi connectivity index (χ4v) is 4.15. The van der Waals surface area contributed by atoms with E-state index in [2.05, 4.69) is 27.9 Å². The van der Waals surface area contributed by atoms with Gasteiger partial charge in [0.1, 0.15) is 6.04 Å². The monoisotopic (exact) mass is 454 g/mol. The number of amides is 2. The Labute approximate surface area is 159 Å². The van der Waals surface area contributed by atoms with Crippen molar-refractivity contribution in [2.45, 2.75) is 19.0 Å². The van der Waals surface area contributed by atoms with Gasteiger partial charge in [0, 0.05) is 21.2 Å². The average molecular weight is 455 g/mol. The average Bonchev–Trinajstić information content (AvgIpc) is 2.86. The van der Waals surface area contributed by atoms with E-state index in [1.165, 1.54) is 0 Å². The number of halogens is 2. The molecule has 0 saturated carbocycles. The molecule has 3 rings (SSSR count). The van der Waals surface area contributed by atoms with Crippen LogP contribution in [0.5, 0.6) is 0 Å². The van der Waals surface area contributed by atoms with Crippen LogP contribution in [0.3, 0.4) is 0 Å². The van der Waals surface area contributed by atoms with Gasteiger partial charge in [-0.1, -0.05) is 29.8 Å². The lowest BCUT2D eigenvalue weighted by Gasteiger charge is -2.31. The molecule has 0 fully saturated rings. The second kappa shape index (κ2) is 6.72. The minimum atomic E-state index is -0.679. The molecule has 0 saturated heterocycles. The molecule has 0 spiro atoms. The minimum Gasteiger partial charge on any atom is -0.357 e. The van der Waals surface area contributed by atoms with Crippen molar-refractivity contribution < 1.29 is 9.59 Å². The second-order valence-electron chi connectivity index (χ2n) is 5.66. The molecule has 2 atom stereocenters. The van der Waals surface area contributed by atoms with Crippen LogP contribution >= 0.6 is 34.2 Å². The van der Waals surface area contributed by atoms with Gasteiger partial charge in [0.2, 0.25) is 5.91 Å². The molecule has 2 aromatic rings. The first-order valence-electron chi connectivity index (χ1n) is 7.53. The summed E-state index contributed by atoms with van der Waals surface area (Å²) >= 11 is 8.34. The van der Waals surface area contributed by atoms with Gasteiger partial charge in [0.25, 0.3) is 5.91 Å². The van der Waals surface area contributed by atoms with Gasteiger partial charge in [-0.2, -0.15) is 0 Å². The van der Waals surface area contributed by atoms with Crippen molar-refractivity contribution in [3.63, 3.8) is 0 Å². The Morgan fingerprint density at radius 3 is 2.67 bits per heavy atom. The van der Waals surface area contributed by atoms with Crippen LogP contribution in [-0.4, -0.2) is 23.8 Å². The lowest BCUT2D eigenvalue weighted by molar-refractivity contribution is -0.125. The molecule has 1 heterocycles. The molecule has 0 aliphatic carbocycles. The largest absolute Gasteiger partial charge is 0.357 e. The van der Waals surface area contributed by atoms with Gasteiger partial charge in [-0.25, -0.2) is 0 Å². The minimum absolute atomic E-state index is 0.151. The van der Waals surface area contributed by atoms with Crippen molar-refractivity contribution in [1.82, 2.24) is 10.2 Å². The Morgan fingerprint density at radius 1 is 1.29 bits per heavy atom. The summed E-state index contributed by atoms with van der Waals surface area (Å²) in [6.07, 6.45) is 0. The molecule has 1 N–H and O–H groups in total. The summed E-state index contributed by atoms with van der Waals surface area (Å²) in [4.78, 5) is 27.1. The van der Waals surface area contributed by atoms with E-state index in [0.717, 1.165) is 9.13 Å². The van der Waals surface area contributed by atoms with Gasteiger partial charge in [-0.15, -0.1) is 0 Å². The van der Waals surface area contributed by atoms with Crippen molar-refractivity contribution in [1.29, 1.82) is 0 Å². The predicted molar refractivity (Wildman–Crippen MR) is 102 cm³/mol. The molecule has 0 aromatic heterocycles. The second-order valence-corrected chi connectivity index (χ2v) is 7.26. The zero-order chi connectivity index (χ0) is 17.4. The number of rotatable bonds is 3. The van der Waals surface area contributed by atoms with Crippen LogP contribution in [0, 0.1) is 3.57 Å². The molecule has 124 valence electrons. The first-order valence-corrected chi connectivity index (χ1v) is 8.99. The summed E-state index contributed by atoms with van der Waals surface area (Å²) < 4.78 is 1.06. The van der Waals surface area contributed by atoms with Gasteiger partial charge in [0.05, 0.1) is 6.04 Å². The molecule has 1 unspecified atom stereocenters. The summed E-state index contributed by atoms with van der Waals surface area (Å²) in [6, 6.07) is 12.0. The third-order valence-corrected chi connectivity index (χ3v) is 5.54.